The van der Waals surface area contributed by atoms with Crippen LogP contribution in [0.25, 0.3) is 10.7 Å². The number of methoxy groups -OCH3 is 1. The van der Waals surface area contributed by atoms with E-state index in [1.165, 1.54) is 11.0 Å². The van der Waals surface area contributed by atoms with Crippen molar-refractivity contribution in [3.05, 3.63) is 64.9 Å². The molecule has 180 valence electrons. The summed E-state index contributed by atoms with van der Waals surface area (Å²) in [5, 5.41) is 11.1. The summed E-state index contributed by atoms with van der Waals surface area (Å²) in [6, 6.07) is 7.64. The van der Waals surface area contributed by atoms with Crippen LogP contribution in [0.5, 0.6) is 5.75 Å². The standard InChI is InChI=1S/C24H26N8O3/c1-16-8-23(32-15-27-28-29-32)26-11-18(16)10-24(33)31-7-6-30-13-22(35-14-19(30)12-31)17-4-5-20(25-2)21(9-17)34-3/h4-5,8-9,11,15,19,22H,6-7,10,12-14H2,1,3H3/t19-,22+/m1/s1. The van der Waals surface area contributed by atoms with Crippen LogP contribution in [-0.2, 0) is 16.0 Å². The molecule has 1 amide bonds. The first-order valence-corrected chi connectivity index (χ1v) is 11.4. The van der Waals surface area contributed by atoms with Gasteiger partial charge in [-0.05, 0) is 46.2 Å². The second-order valence-corrected chi connectivity index (χ2v) is 8.75. The van der Waals surface area contributed by atoms with E-state index in [9.17, 15) is 4.79 Å². The minimum absolute atomic E-state index is 0.0883. The molecule has 3 aromatic rings. The molecule has 2 aromatic heterocycles. The zero-order valence-electron chi connectivity index (χ0n) is 19.7. The van der Waals surface area contributed by atoms with Gasteiger partial charge in [0.05, 0.1) is 38.9 Å². The molecule has 1 aromatic carbocycles. The summed E-state index contributed by atoms with van der Waals surface area (Å²) in [7, 11) is 1.57. The maximum absolute atomic E-state index is 13.1. The number of ether oxygens (including phenoxy) is 2. The van der Waals surface area contributed by atoms with Crippen LogP contribution in [0.15, 0.2) is 36.8 Å². The molecule has 35 heavy (non-hydrogen) atoms. The summed E-state index contributed by atoms with van der Waals surface area (Å²) in [4.78, 5) is 25.3. The number of aryl methyl sites for hydroxylation is 1. The van der Waals surface area contributed by atoms with E-state index in [0.29, 0.717) is 43.4 Å². The number of carbonyl (C=O) groups is 1. The second kappa shape index (κ2) is 9.77. The molecule has 2 saturated heterocycles. The van der Waals surface area contributed by atoms with E-state index in [2.05, 4.69) is 30.3 Å². The lowest BCUT2D eigenvalue weighted by atomic mass is 10.0. The van der Waals surface area contributed by atoms with Crippen molar-refractivity contribution in [3.63, 3.8) is 0 Å². The maximum atomic E-state index is 13.1. The number of rotatable bonds is 5. The van der Waals surface area contributed by atoms with E-state index in [0.717, 1.165) is 29.8 Å². The fourth-order valence-corrected chi connectivity index (χ4v) is 4.62. The van der Waals surface area contributed by atoms with Crippen LogP contribution in [0.4, 0.5) is 5.69 Å². The van der Waals surface area contributed by atoms with E-state index in [4.69, 9.17) is 16.0 Å². The third-order valence-corrected chi connectivity index (χ3v) is 6.67. The molecule has 0 saturated carbocycles. The average molecular weight is 475 g/mol. The fourth-order valence-electron chi connectivity index (χ4n) is 4.62. The Morgan fingerprint density at radius 2 is 2.17 bits per heavy atom. The lowest BCUT2D eigenvalue weighted by Crippen LogP contribution is -2.59. The number of aromatic nitrogens is 5. The molecule has 11 heteroatoms. The van der Waals surface area contributed by atoms with E-state index >= 15 is 0 Å². The topological polar surface area (TPSA) is 103 Å². The molecule has 4 heterocycles. The number of carbonyl (C=O) groups excluding carboxylic acids is 1. The second-order valence-electron chi connectivity index (χ2n) is 8.75. The van der Waals surface area contributed by atoms with Gasteiger partial charge in [0.25, 0.3) is 0 Å². The SMILES string of the molecule is [C-]#[N+]c1ccc([C@@H]2CN3CCN(C(=O)Cc4cnc(-n5cnnn5)cc4C)C[C@@H]3CO2)cc1OC. The number of benzene rings is 1. The molecule has 11 nitrogen and oxygen atoms in total. The Bertz CT molecular complexity index is 1260. The maximum Gasteiger partial charge on any atom is 0.228 e. The van der Waals surface area contributed by atoms with E-state index < -0.39 is 0 Å². The minimum atomic E-state index is -0.0883. The molecule has 0 aliphatic carbocycles. The zero-order valence-corrected chi connectivity index (χ0v) is 19.7. The summed E-state index contributed by atoms with van der Waals surface area (Å²) < 4.78 is 13.0. The van der Waals surface area contributed by atoms with Crippen molar-refractivity contribution in [2.24, 2.45) is 0 Å². The number of tetrazole rings is 1. The van der Waals surface area contributed by atoms with Gasteiger partial charge < -0.3 is 14.4 Å². The Morgan fingerprint density at radius 3 is 2.91 bits per heavy atom. The summed E-state index contributed by atoms with van der Waals surface area (Å²) in [6.45, 7) is 12.6. The number of morpholine rings is 1. The molecule has 0 radical (unpaired) electrons. The van der Waals surface area contributed by atoms with Gasteiger partial charge in [-0.3, -0.25) is 9.69 Å². The van der Waals surface area contributed by atoms with Crippen LogP contribution in [0.3, 0.4) is 0 Å². The van der Waals surface area contributed by atoms with Gasteiger partial charge in [-0.2, -0.15) is 4.68 Å². The smallest absolute Gasteiger partial charge is 0.228 e. The lowest BCUT2D eigenvalue weighted by molar-refractivity contribution is -0.139. The fraction of sp³-hybridized carbons (Fsp3) is 0.417. The van der Waals surface area contributed by atoms with Crippen molar-refractivity contribution in [2.75, 3.05) is 39.9 Å². The van der Waals surface area contributed by atoms with Gasteiger partial charge in [-0.15, -0.1) is 5.10 Å². The highest BCUT2D eigenvalue weighted by atomic mass is 16.5. The molecule has 2 aliphatic heterocycles. The highest BCUT2D eigenvalue weighted by Crippen LogP contribution is 2.34. The van der Waals surface area contributed by atoms with Gasteiger partial charge in [0.15, 0.2) is 5.82 Å². The normalized spacial score (nSPS) is 20.2. The van der Waals surface area contributed by atoms with Gasteiger partial charge >= 0.3 is 0 Å². The number of hydrogen-bond donors (Lipinski definition) is 0. The molecule has 2 atom stereocenters. The Kier molecular flexibility index (Phi) is 6.39. The van der Waals surface area contributed by atoms with Gasteiger partial charge in [-0.25, -0.2) is 9.83 Å². The van der Waals surface area contributed by atoms with E-state index in [1.54, 1.807) is 19.4 Å². The van der Waals surface area contributed by atoms with Gasteiger partial charge in [0.1, 0.15) is 12.1 Å². The van der Waals surface area contributed by atoms with E-state index in [1.807, 2.05) is 30.0 Å². The number of piperazine rings is 1. The number of hydrogen-bond acceptors (Lipinski definition) is 8. The van der Waals surface area contributed by atoms with Crippen LogP contribution in [0, 0.1) is 13.5 Å². The Morgan fingerprint density at radius 1 is 1.29 bits per heavy atom. The lowest BCUT2D eigenvalue weighted by Gasteiger charge is -2.46. The van der Waals surface area contributed by atoms with Crippen molar-refractivity contribution in [2.45, 2.75) is 25.5 Å². The molecule has 5 rings (SSSR count). The molecule has 2 aliphatic rings. The van der Waals surface area contributed by atoms with Crippen LogP contribution in [-0.4, -0.2) is 86.8 Å². The molecule has 0 bridgehead atoms. The molecule has 0 spiro atoms. The van der Waals surface area contributed by atoms with Crippen molar-refractivity contribution in [1.82, 2.24) is 35.0 Å². The number of amides is 1. The first-order valence-electron chi connectivity index (χ1n) is 11.4. The van der Waals surface area contributed by atoms with Crippen LogP contribution in [0.1, 0.15) is 22.8 Å². The highest BCUT2D eigenvalue weighted by Gasteiger charge is 2.35. The largest absolute Gasteiger partial charge is 0.508 e. The molecular weight excluding hydrogens is 448 g/mol. The predicted octanol–water partition coefficient (Wildman–Crippen LogP) is 1.75. The van der Waals surface area contributed by atoms with E-state index in [-0.39, 0.29) is 18.1 Å². The Balaban J connectivity index is 1.19. The van der Waals surface area contributed by atoms with Crippen LogP contribution < -0.4 is 4.74 Å². The third-order valence-electron chi connectivity index (χ3n) is 6.67. The van der Waals surface area contributed by atoms with Crippen molar-refractivity contribution >= 4 is 11.6 Å². The number of pyridine rings is 1. The first kappa shape index (κ1) is 22.9. The third kappa shape index (κ3) is 4.71. The average Bonchev–Trinajstić information content (AvgIpc) is 3.44. The van der Waals surface area contributed by atoms with Gasteiger partial charge in [0, 0.05) is 32.4 Å². The summed E-state index contributed by atoms with van der Waals surface area (Å²) >= 11 is 0. The summed E-state index contributed by atoms with van der Waals surface area (Å²) in [6.07, 6.45) is 3.43. The summed E-state index contributed by atoms with van der Waals surface area (Å²) in [5.74, 6) is 1.27. The van der Waals surface area contributed by atoms with Crippen LogP contribution >= 0.6 is 0 Å². The quantitative estimate of drug-likeness (QED) is 0.516. The van der Waals surface area contributed by atoms with Gasteiger partial charge in [0.2, 0.25) is 11.6 Å². The number of nitrogens with zero attached hydrogens (tertiary/aromatic N) is 8. The minimum Gasteiger partial charge on any atom is -0.508 e. The van der Waals surface area contributed by atoms with Gasteiger partial charge in [-0.1, -0.05) is 12.1 Å². The highest BCUT2D eigenvalue weighted by molar-refractivity contribution is 5.79. The first-order chi connectivity index (χ1) is 17.1. The van der Waals surface area contributed by atoms with Crippen molar-refractivity contribution < 1.29 is 14.3 Å². The Hall–Kier alpha value is -3.88. The summed E-state index contributed by atoms with van der Waals surface area (Å²) in [5.41, 5.74) is 3.36. The van der Waals surface area contributed by atoms with Crippen molar-refractivity contribution in [3.8, 4) is 11.6 Å². The monoisotopic (exact) mass is 474 g/mol. The molecular formula is C24H26N8O3. The predicted molar refractivity (Wildman–Crippen MR) is 125 cm³/mol. The molecule has 2 fully saturated rings. The molecule has 0 N–H and O–H groups in total. The van der Waals surface area contributed by atoms with Crippen LogP contribution in [0.2, 0.25) is 0 Å². The van der Waals surface area contributed by atoms with Crippen molar-refractivity contribution in [1.29, 1.82) is 0 Å². The Labute approximate surface area is 203 Å². The zero-order chi connectivity index (χ0) is 24.4. The molecule has 0 unspecified atom stereocenters. The number of fused-ring (bicyclic) bond motifs is 1.